The quantitative estimate of drug-likeness (QED) is 0.945. The zero-order valence-electron chi connectivity index (χ0n) is 12.9. The van der Waals surface area contributed by atoms with E-state index in [1.807, 2.05) is 24.3 Å². The molecule has 1 unspecified atom stereocenters. The predicted molar refractivity (Wildman–Crippen MR) is 88.0 cm³/mol. The Labute approximate surface area is 135 Å². The molecule has 1 amide bonds. The number of amides is 1. The van der Waals surface area contributed by atoms with E-state index in [0.29, 0.717) is 18.5 Å². The first kappa shape index (κ1) is 14.2. The summed E-state index contributed by atoms with van der Waals surface area (Å²) < 4.78 is 14.6. The van der Waals surface area contributed by atoms with E-state index in [1.165, 1.54) is 11.1 Å². The third-order valence-corrected chi connectivity index (χ3v) is 4.82. The highest BCUT2D eigenvalue weighted by atomic mass is 19.1. The Morgan fingerprint density at radius 3 is 2.78 bits per heavy atom. The fraction of sp³-hybridized carbons (Fsp3) is 0.316. The van der Waals surface area contributed by atoms with Crippen LogP contribution in [-0.4, -0.2) is 19.0 Å². The van der Waals surface area contributed by atoms with Crippen molar-refractivity contribution in [1.29, 1.82) is 0 Å². The number of nitrogens with zero attached hydrogens (tertiary/aromatic N) is 1. The van der Waals surface area contributed by atoms with E-state index >= 15 is 0 Å². The SMILES string of the molecule is O=C1CC(c2cc3c(cc2F)N(Cc2ccccc2)CC3)CN1. The van der Waals surface area contributed by atoms with Gasteiger partial charge in [-0.25, -0.2) is 4.39 Å². The largest absolute Gasteiger partial charge is 0.367 e. The van der Waals surface area contributed by atoms with Gasteiger partial charge < -0.3 is 10.2 Å². The Hall–Kier alpha value is -2.36. The summed E-state index contributed by atoms with van der Waals surface area (Å²) in [5.74, 6) is -0.207. The lowest BCUT2D eigenvalue weighted by atomic mass is 9.95. The predicted octanol–water partition coefficient (Wildman–Crippen LogP) is 2.99. The van der Waals surface area contributed by atoms with Crippen molar-refractivity contribution in [2.75, 3.05) is 18.0 Å². The minimum absolute atomic E-state index is 0.0144. The van der Waals surface area contributed by atoms with Crippen molar-refractivity contribution in [3.05, 3.63) is 65.0 Å². The summed E-state index contributed by atoms with van der Waals surface area (Å²) in [7, 11) is 0. The molecule has 1 fully saturated rings. The number of fused-ring (bicyclic) bond motifs is 1. The molecule has 1 N–H and O–H groups in total. The molecule has 2 aliphatic heterocycles. The zero-order chi connectivity index (χ0) is 15.8. The van der Waals surface area contributed by atoms with Crippen LogP contribution in [0.2, 0.25) is 0 Å². The van der Waals surface area contributed by atoms with Gasteiger partial charge in [0.1, 0.15) is 5.82 Å². The lowest BCUT2D eigenvalue weighted by Gasteiger charge is -2.20. The van der Waals surface area contributed by atoms with E-state index in [-0.39, 0.29) is 17.6 Å². The van der Waals surface area contributed by atoms with Gasteiger partial charge in [0.2, 0.25) is 5.91 Å². The normalized spacial score (nSPS) is 19.8. The number of halogens is 1. The number of nitrogens with one attached hydrogen (secondary N) is 1. The van der Waals surface area contributed by atoms with E-state index in [9.17, 15) is 9.18 Å². The van der Waals surface area contributed by atoms with Gasteiger partial charge in [-0.05, 0) is 29.2 Å². The number of hydrogen-bond acceptors (Lipinski definition) is 2. The van der Waals surface area contributed by atoms with Gasteiger partial charge in [-0.1, -0.05) is 36.4 Å². The summed E-state index contributed by atoms with van der Waals surface area (Å²) in [6.45, 7) is 2.26. The highest BCUT2D eigenvalue weighted by Crippen LogP contribution is 2.35. The van der Waals surface area contributed by atoms with Gasteiger partial charge >= 0.3 is 0 Å². The minimum atomic E-state index is -0.190. The minimum Gasteiger partial charge on any atom is -0.367 e. The number of carbonyl (C=O) groups excluding carboxylic acids is 1. The van der Waals surface area contributed by atoms with Crippen LogP contribution in [0.15, 0.2) is 42.5 Å². The molecule has 118 valence electrons. The highest BCUT2D eigenvalue weighted by molar-refractivity contribution is 5.79. The second kappa shape index (κ2) is 5.69. The maximum absolute atomic E-state index is 14.6. The Balaban J connectivity index is 1.60. The Morgan fingerprint density at radius 2 is 2.04 bits per heavy atom. The van der Waals surface area contributed by atoms with Gasteiger partial charge in [0, 0.05) is 37.7 Å². The first-order valence-electron chi connectivity index (χ1n) is 8.08. The van der Waals surface area contributed by atoms with E-state index in [2.05, 4.69) is 22.3 Å². The number of rotatable bonds is 3. The van der Waals surface area contributed by atoms with Crippen LogP contribution >= 0.6 is 0 Å². The van der Waals surface area contributed by atoms with Crippen molar-refractivity contribution >= 4 is 11.6 Å². The standard InChI is InChI=1S/C19H19FN2O/c20-17-10-18-14(8-16(17)15-9-19(23)21-11-15)6-7-22(18)12-13-4-2-1-3-5-13/h1-5,8,10,15H,6-7,9,11-12H2,(H,21,23). The van der Waals surface area contributed by atoms with Crippen molar-refractivity contribution in [3.8, 4) is 0 Å². The summed E-state index contributed by atoms with van der Waals surface area (Å²) in [4.78, 5) is 13.6. The number of hydrogen-bond donors (Lipinski definition) is 1. The van der Waals surface area contributed by atoms with Gasteiger partial charge in [-0.3, -0.25) is 4.79 Å². The van der Waals surface area contributed by atoms with Crippen LogP contribution < -0.4 is 10.2 Å². The first-order chi connectivity index (χ1) is 11.2. The molecule has 2 aliphatic rings. The molecule has 2 aromatic carbocycles. The van der Waals surface area contributed by atoms with Crippen LogP contribution in [0, 0.1) is 5.82 Å². The van der Waals surface area contributed by atoms with E-state index in [4.69, 9.17) is 0 Å². The second-order valence-electron chi connectivity index (χ2n) is 6.36. The number of carbonyl (C=O) groups is 1. The molecule has 0 saturated carbocycles. The third kappa shape index (κ3) is 2.69. The van der Waals surface area contributed by atoms with Crippen molar-refractivity contribution < 1.29 is 9.18 Å². The van der Waals surface area contributed by atoms with Crippen LogP contribution in [0.1, 0.15) is 29.0 Å². The summed E-state index contributed by atoms with van der Waals surface area (Å²) >= 11 is 0. The monoisotopic (exact) mass is 310 g/mol. The average molecular weight is 310 g/mol. The highest BCUT2D eigenvalue weighted by Gasteiger charge is 2.28. The second-order valence-corrected chi connectivity index (χ2v) is 6.36. The molecular weight excluding hydrogens is 291 g/mol. The fourth-order valence-corrected chi connectivity index (χ4v) is 3.60. The molecule has 0 aromatic heterocycles. The molecule has 0 bridgehead atoms. The van der Waals surface area contributed by atoms with Crippen LogP contribution in [0.25, 0.3) is 0 Å². The Bertz CT molecular complexity index is 745. The maximum Gasteiger partial charge on any atom is 0.220 e. The summed E-state index contributed by atoms with van der Waals surface area (Å²) in [5, 5.41) is 2.79. The molecule has 0 radical (unpaired) electrons. The van der Waals surface area contributed by atoms with Crippen molar-refractivity contribution in [2.24, 2.45) is 0 Å². The molecule has 3 nitrogen and oxygen atoms in total. The van der Waals surface area contributed by atoms with E-state index in [1.54, 1.807) is 6.07 Å². The van der Waals surface area contributed by atoms with Crippen LogP contribution in [0.4, 0.5) is 10.1 Å². The molecule has 4 heteroatoms. The molecule has 2 heterocycles. The van der Waals surface area contributed by atoms with Gasteiger partial charge in [-0.2, -0.15) is 0 Å². The molecule has 0 aliphatic carbocycles. The van der Waals surface area contributed by atoms with Crippen molar-refractivity contribution in [1.82, 2.24) is 5.32 Å². The lowest BCUT2D eigenvalue weighted by Crippen LogP contribution is -2.19. The molecule has 4 rings (SSSR count). The summed E-state index contributed by atoms with van der Waals surface area (Å²) in [6, 6.07) is 13.9. The average Bonchev–Trinajstić information content (AvgIpc) is 3.14. The fourth-order valence-electron chi connectivity index (χ4n) is 3.60. The lowest BCUT2D eigenvalue weighted by molar-refractivity contribution is -0.119. The topological polar surface area (TPSA) is 32.3 Å². The van der Waals surface area contributed by atoms with E-state index in [0.717, 1.165) is 25.2 Å². The van der Waals surface area contributed by atoms with Crippen molar-refractivity contribution in [2.45, 2.75) is 25.3 Å². The van der Waals surface area contributed by atoms with Gasteiger partial charge in [0.25, 0.3) is 0 Å². The third-order valence-electron chi connectivity index (χ3n) is 4.82. The summed E-state index contributed by atoms with van der Waals surface area (Å²) in [6.07, 6.45) is 1.33. The number of anilines is 1. The van der Waals surface area contributed by atoms with Crippen molar-refractivity contribution in [3.63, 3.8) is 0 Å². The molecule has 1 saturated heterocycles. The van der Waals surface area contributed by atoms with Gasteiger partial charge in [0.15, 0.2) is 0 Å². The maximum atomic E-state index is 14.6. The summed E-state index contributed by atoms with van der Waals surface area (Å²) in [5.41, 5.74) is 4.10. The molecule has 1 atom stereocenters. The molecule has 2 aromatic rings. The molecule has 23 heavy (non-hydrogen) atoms. The van der Waals surface area contributed by atoms with Gasteiger partial charge in [-0.15, -0.1) is 0 Å². The smallest absolute Gasteiger partial charge is 0.220 e. The van der Waals surface area contributed by atoms with Crippen LogP contribution in [0.5, 0.6) is 0 Å². The Kier molecular flexibility index (Phi) is 3.52. The number of benzene rings is 2. The Morgan fingerprint density at radius 1 is 1.22 bits per heavy atom. The van der Waals surface area contributed by atoms with Crippen LogP contribution in [-0.2, 0) is 17.8 Å². The van der Waals surface area contributed by atoms with Gasteiger partial charge in [0.05, 0.1) is 0 Å². The zero-order valence-corrected chi connectivity index (χ0v) is 12.9. The molecular formula is C19H19FN2O. The molecule has 0 spiro atoms. The van der Waals surface area contributed by atoms with Crippen LogP contribution in [0.3, 0.4) is 0 Å². The van der Waals surface area contributed by atoms with E-state index < -0.39 is 0 Å². The first-order valence-corrected chi connectivity index (χ1v) is 8.08.